The Hall–Kier alpha value is -1.62. The zero-order chi connectivity index (χ0) is 11.3. The van der Waals surface area contributed by atoms with Crippen molar-refractivity contribution in [2.24, 2.45) is 5.92 Å². The van der Waals surface area contributed by atoms with Crippen LogP contribution >= 0.6 is 0 Å². The molecule has 1 aromatic carbocycles. The number of benzene rings is 1. The summed E-state index contributed by atoms with van der Waals surface area (Å²) in [6.07, 6.45) is 1.29. The molecule has 0 spiro atoms. The van der Waals surface area contributed by atoms with Gasteiger partial charge in [0.1, 0.15) is 6.29 Å². The Balaban J connectivity index is 3.06. The fourth-order valence-electron chi connectivity index (χ4n) is 1.62. The van der Waals surface area contributed by atoms with Crippen molar-refractivity contribution >= 4 is 6.29 Å². The van der Waals surface area contributed by atoms with Crippen molar-refractivity contribution in [1.29, 1.82) is 5.26 Å². The Morgan fingerprint density at radius 2 is 2.07 bits per heavy atom. The van der Waals surface area contributed by atoms with Crippen molar-refractivity contribution in [2.45, 2.75) is 25.7 Å². The van der Waals surface area contributed by atoms with Gasteiger partial charge in [-0.25, -0.2) is 0 Å². The molecule has 0 heterocycles. The number of rotatable bonds is 4. The molecule has 0 N–H and O–H groups in total. The van der Waals surface area contributed by atoms with Gasteiger partial charge in [-0.1, -0.05) is 37.3 Å². The Bertz CT molecular complexity index is 366. The molecule has 0 radical (unpaired) electrons. The average molecular weight is 201 g/mol. The van der Waals surface area contributed by atoms with E-state index in [9.17, 15) is 10.1 Å². The maximum atomic E-state index is 10.5. The highest BCUT2D eigenvalue weighted by atomic mass is 16.1. The van der Waals surface area contributed by atoms with Crippen LogP contribution in [-0.2, 0) is 10.2 Å². The lowest BCUT2D eigenvalue weighted by molar-refractivity contribution is -0.108. The highest BCUT2D eigenvalue weighted by Crippen LogP contribution is 2.32. The van der Waals surface area contributed by atoms with Crippen LogP contribution in [-0.4, -0.2) is 6.29 Å². The van der Waals surface area contributed by atoms with Gasteiger partial charge in [-0.3, -0.25) is 0 Å². The van der Waals surface area contributed by atoms with Crippen LogP contribution in [0.3, 0.4) is 0 Å². The molecule has 0 saturated heterocycles. The topological polar surface area (TPSA) is 40.9 Å². The van der Waals surface area contributed by atoms with Gasteiger partial charge in [0.2, 0.25) is 0 Å². The second-order valence-corrected chi connectivity index (χ2v) is 3.98. The van der Waals surface area contributed by atoms with E-state index in [0.29, 0.717) is 6.42 Å². The van der Waals surface area contributed by atoms with Crippen LogP contribution in [0.2, 0.25) is 0 Å². The number of aldehydes is 1. The number of hydrogen-bond donors (Lipinski definition) is 0. The van der Waals surface area contributed by atoms with E-state index in [1.165, 1.54) is 0 Å². The minimum absolute atomic E-state index is 0.0300. The monoisotopic (exact) mass is 201 g/mol. The zero-order valence-corrected chi connectivity index (χ0v) is 9.10. The van der Waals surface area contributed by atoms with E-state index in [-0.39, 0.29) is 5.92 Å². The van der Waals surface area contributed by atoms with Crippen LogP contribution < -0.4 is 0 Å². The molecule has 15 heavy (non-hydrogen) atoms. The molecule has 0 aliphatic rings. The summed E-state index contributed by atoms with van der Waals surface area (Å²) in [5.41, 5.74) is 0.393. The van der Waals surface area contributed by atoms with Gasteiger partial charge in [0, 0.05) is 6.42 Å². The molecule has 1 aromatic rings. The predicted octanol–water partition coefficient (Wildman–Crippen LogP) is 2.69. The number of nitrogens with zero attached hydrogens (tertiary/aromatic N) is 1. The van der Waals surface area contributed by atoms with Crippen LogP contribution in [0.4, 0.5) is 0 Å². The minimum atomic E-state index is -0.581. The van der Waals surface area contributed by atoms with E-state index in [2.05, 4.69) is 6.07 Å². The summed E-state index contributed by atoms with van der Waals surface area (Å²) in [5.74, 6) is 0.0300. The predicted molar refractivity (Wildman–Crippen MR) is 59.3 cm³/mol. The molecular formula is C13H15NO. The average Bonchev–Trinajstić information content (AvgIpc) is 2.29. The van der Waals surface area contributed by atoms with E-state index in [0.717, 1.165) is 11.8 Å². The molecule has 0 fully saturated rings. The van der Waals surface area contributed by atoms with Gasteiger partial charge < -0.3 is 4.79 Å². The van der Waals surface area contributed by atoms with Gasteiger partial charge in [0.05, 0.1) is 11.5 Å². The Morgan fingerprint density at radius 3 is 2.53 bits per heavy atom. The molecule has 0 aliphatic heterocycles. The van der Waals surface area contributed by atoms with E-state index in [1.54, 1.807) is 0 Å². The molecule has 2 nitrogen and oxygen atoms in total. The van der Waals surface area contributed by atoms with Gasteiger partial charge in [-0.05, 0) is 18.4 Å². The van der Waals surface area contributed by atoms with Crippen LogP contribution in [0.15, 0.2) is 30.3 Å². The fourth-order valence-corrected chi connectivity index (χ4v) is 1.62. The first kappa shape index (κ1) is 11.5. The van der Waals surface area contributed by atoms with Gasteiger partial charge in [0.15, 0.2) is 0 Å². The lowest BCUT2D eigenvalue weighted by Crippen LogP contribution is -2.28. The second-order valence-electron chi connectivity index (χ2n) is 3.98. The molecule has 0 bridgehead atoms. The number of hydrogen-bond acceptors (Lipinski definition) is 2. The lowest BCUT2D eigenvalue weighted by Gasteiger charge is -2.28. The van der Waals surface area contributed by atoms with Crippen molar-refractivity contribution in [3.8, 4) is 6.07 Å². The molecule has 0 amide bonds. The highest BCUT2D eigenvalue weighted by molar-refractivity contribution is 5.51. The summed E-state index contributed by atoms with van der Waals surface area (Å²) in [6, 6.07) is 11.9. The summed E-state index contributed by atoms with van der Waals surface area (Å²) in [7, 11) is 0. The summed E-state index contributed by atoms with van der Waals surface area (Å²) in [5, 5.41) is 9.27. The van der Waals surface area contributed by atoms with Crippen LogP contribution in [0.5, 0.6) is 0 Å². The normalized spacial score (nSPS) is 16.1. The third-order valence-electron chi connectivity index (χ3n) is 3.04. The zero-order valence-electron chi connectivity index (χ0n) is 9.10. The second kappa shape index (κ2) is 4.75. The first-order chi connectivity index (χ1) is 7.15. The molecule has 2 heteroatoms. The number of nitriles is 1. The van der Waals surface area contributed by atoms with Gasteiger partial charge in [-0.15, -0.1) is 0 Å². The molecule has 2 atom stereocenters. The third-order valence-corrected chi connectivity index (χ3v) is 3.04. The lowest BCUT2D eigenvalue weighted by atomic mass is 9.73. The largest absolute Gasteiger partial charge is 0.303 e. The first-order valence-electron chi connectivity index (χ1n) is 5.05. The van der Waals surface area contributed by atoms with Gasteiger partial charge >= 0.3 is 0 Å². The highest BCUT2D eigenvalue weighted by Gasteiger charge is 2.32. The third kappa shape index (κ3) is 2.24. The summed E-state index contributed by atoms with van der Waals surface area (Å²) >= 11 is 0. The molecule has 0 unspecified atom stereocenters. The van der Waals surface area contributed by atoms with Crippen molar-refractivity contribution in [3.63, 3.8) is 0 Å². The van der Waals surface area contributed by atoms with Gasteiger partial charge in [-0.2, -0.15) is 5.26 Å². The quantitative estimate of drug-likeness (QED) is 0.703. The van der Waals surface area contributed by atoms with Gasteiger partial charge in [0.25, 0.3) is 0 Å². The van der Waals surface area contributed by atoms with E-state index < -0.39 is 5.41 Å². The number of carbonyl (C=O) groups is 1. The maximum Gasteiger partial charge on any atom is 0.120 e. The van der Waals surface area contributed by atoms with Crippen molar-refractivity contribution < 1.29 is 4.79 Å². The Labute approximate surface area is 90.5 Å². The summed E-state index contributed by atoms with van der Waals surface area (Å²) in [4.78, 5) is 10.5. The maximum absolute atomic E-state index is 10.5. The van der Waals surface area contributed by atoms with E-state index >= 15 is 0 Å². The SMILES string of the molecule is C[C@@H](CC=O)[C@](C)(C#N)c1ccccc1. The summed E-state index contributed by atoms with van der Waals surface area (Å²) in [6.45, 7) is 3.82. The van der Waals surface area contributed by atoms with Crippen molar-refractivity contribution in [1.82, 2.24) is 0 Å². The molecule has 0 aliphatic carbocycles. The van der Waals surface area contributed by atoms with Crippen LogP contribution in [0.25, 0.3) is 0 Å². The van der Waals surface area contributed by atoms with E-state index in [4.69, 9.17) is 0 Å². The molecule has 78 valence electrons. The standard InChI is InChI=1S/C13H15NO/c1-11(8-9-15)13(2,10-14)12-6-4-3-5-7-12/h3-7,9,11H,8H2,1-2H3/t11-,13-/m0/s1. The van der Waals surface area contributed by atoms with Crippen molar-refractivity contribution in [2.75, 3.05) is 0 Å². The van der Waals surface area contributed by atoms with Crippen LogP contribution in [0.1, 0.15) is 25.8 Å². The molecule has 1 rings (SSSR count). The fraction of sp³-hybridized carbons (Fsp3) is 0.385. The van der Waals surface area contributed by atoms with Crippen molar-refractivity contribution in [3.05, 3.63) is 35.9 Å². The van der Waals surface area contributed by atoms with E-state index in [1.807, 2.05) is 44.2 Å². The minimum Gasteiger partial charge on any atom is -0.303 e. The smallest absolute Gasteiger partial charge is 0.120 e. The molecule has 0 saturated carbocycles. The Kier molecular flexibility index (Phi) is 3.62. The Morgan fingerprint density at radius 1 is 1.47 bits per heavy atom. The first-order valence-corrected chi connectivity index (χ1v) is 5.05. The number of carbonyl (C=O) groups excluding carboxylic acids is 1. The molecular weight excluding hydrogens is 186 g/mol. The molecule has 0 aromatic heterocycles. The summed E-state index contributed by atoms with van der Waals surface area (Å²) < 4.78 is 0. The van der Waals surface area contributed by atoms with Crippen LogP contribution in [0, 0.1) is 17.2 Å².